The molecule has 6 nitrogen and oxygen atoms in total. The number of nitriles is 1. The second kappa shape index (κ2) is 11.9. The Balaban J connectivity index is 4.81. The number of carbonyl (C=O) groups is 3. The Morgan fingerprint density at radius 3 is 2.59 bits per heavy atom. The van der Waals surface area contributed by atoms with Gasteiger partial charge in [0.1, 0.15) is 0 Å². The van der Waals surface area contributed by atoms with Gasteiger partial charge < -0.3 is 4.74 Å². The fraction of sp³-hybridized carbons (Fsp3) is 0.250. The number of ether oxygens (including phenoxy) is 1. The molecule has 0 bridgehead atoms. The fourth-order valence-corrected chi connectivity index (χ4v) is 1.16. The Bertz CT molecular complexity index is 551. The number of nitrogens with one attached hydrogen (secondary N) is 1. The highest BCUT2D eigenvalue weighted by Crippen LogP contribution is 2.03. The number of imide groups is 1. The van der Waals surface area contributed by atoms with Crippen molar-refractivity contribution in [1.29, 1.82) is 5.26 Å². The van der Waals surface area contributed by atoms with Gasteiger partial charge in [-0.2, -0.15) is 5.26 Å². The lowest BCUT2D eigenvalue weighted by Gasteiger charge is -2.03. The van der Waals surface area contributed by atoms with Gasteiger partial charge in [-0.3, -0.25) is 14.9 Å². The Labute approximate surface area is 129 Å². The fourth-order valence-electron chi connectivity index (χ4n) is 1.16. The summed E-state index contributed by atoms with van der Waals surface area (Å²) in [5.74, 6) is -1.86. The minimum absolute atomic E-state index is 0.122. The molecule has 0 spiro atoms. The molecule has 116 valence electrons. The minimum atomic E-state index is -0.649. The van der Waals surface area contributed by atoms with Crippen LogP contribution in [0.25, 0.3) is 0 Å². The van der Waals surface area contributed by atoms with Crippen molar-refractivity contribution in [2.45, 2.75) is 19.8 Å². The molecule has 0 heterocycles. The number of amides is 2. The van der Waals surface area contributed by atoms with Gasteiger partial charge in [-0.15, -0.1) is 0 Å². The molecule has 0 aliphatic heterocycles. The number of esters is 1. The van der Waals surface area contributed by atoms with Gasteiger partial charge in [0.25, 0.3) is 5.91 Å². The summed E-state index contributed by atoms with van der Waals surface area (Å²) in [7, 11) is 0. The molecule has 6 heteroatoms. The molecule has 0 atom stereocenters. The largest absolute Gasteiger partial charge is 0.462 e. The van der Waals surface area contributed by atoms with Crippen LogP contribution in [-0.4, -0.2) is 24.4 Å². The maximum absolute atomic E-state index is 11.8. The van der Waals surface area contributed by atoms with E-state index in [9.17, 15) is 14.4 Å². The topological polar surface area (TPSA) is 96.3 Å². The number of allylic oxidation sites excluding steroid dienone is 3. The quantitative estimate of drug-likeness (QED) is 0.242. The van der Waals surface area contributed by atoms with Crippen molar-refractivity contribution in [3.05, 3.63) is 48.6 Å². The van der Waals surface area contributed by atoms with Crippen LogP contribution < -0.4 is 5.32 Å². The molecular weight excluding hydrogens is 284 g/mol. The first-order valence-electron chi connectivity index (χ1n) is 6.64. The van der Waals surface area contributed by atoms with E-state index in [4.69, 9.17) is 10.00 Å². The maximum Gasteiger partial charge on any atom is 0.338 e. The van der Waals surface area contributed by atoms with Gasteiger partial charge in [0.2, 0.25) is 5.91 Å². The van der Waals surface area contributed by atoms with Crippen LogP contribution in [0.5, 0.6) is 0 Å². The molecule has 2 amide bonds. The predicted octanol–water partition coefficient (Wildman–Crippen LogP) is 1.72. The molecule has 0 aliphatic carbocycles. The molecule has 0 unspecified atom stereocenters. The van der Waals surface area contributed by atoms with Gasteiger partial charge in [-0.05, 0) is 24.6 Å². The highest BCUT2D eigenvalue weighted by atomic mass is 16.5. The Kier molecular flexibility index (Phi) is 10.3. The van der Waals surface area contributed by atoms with E-state index in [2.05, 4.69) is 6.58 Å². The van der Waals surface area contributed by atoms with Crippen LogP contribution in [-0.2, 0) is 19.1 Å². The van der Waals surface area contributed by atoms with E-state index in [1.807, 2.05) is 12.2 Å². The summed E-state index contributed by atoms with van der Waals surface area (Å²) >= 11 is 0. The van der Waals surface area contributed by atoms with Crippen molar-refractivity contribution < 1.29 is 19.1 Å². The lowest BCUT2D eigenvalue weighted by atomic mass is 10.2. The standard InChI is InChI=1S/C16H18N2O4/c1-3-5-12-22-16(21)13(9-7-11-17)8-6-10-15(20)18-14(19)4-2/h4,6-10H,2-3,5,12H2,1H3,(H,18,19,20). The molecule has 0 fully saturated rings. The molecular formula is C16H18N2O4. The van der Waals surface area contributed by atoms with Gasteiger partial charge in [-0.25, -0.2) is 4.79 Å². The predicted molar refractivity (Wildman–Crippen MR) is 81.2 cm³/mol. The van der Waals surface area contributed by atoms with Crippen molar-refractivity contribution in [3.8, 4) is 6.07 Å². The maximum atomic E-state index is 11.8. The third-order valence-corrected chi connectivity index (χ3v) is 2.26. The number of nitrogens with zero attached hydrogens (tertiary/aromatic N) is 1. The van der Waals surface area contributed by atoms with E-state index in [0.717, 1.165) is 31.1 Å². The average molecular weight is 302 g/mol. The Morgan fingerprint density at radius 2 is 2.00 bits per heavy atom. The molecule has 0 aromatic rings. The Morgan fingerprint density at radius 1 is 1.27 bits per heavy atom. The zero-order valence-electron chi connectivity index (χ0n) is 12.4. The third kappa shape index (κ3) is 9.04. The molecule has 1 N–H and O–H groups in total. The van der Waals surface area contributed by atoms with E-state index in [0.29, 0.717) is 0 Å². The van der Waals surface area contributed by atoms with Gasteiger partial charge >= 0.3 is 5.97 Å². The highest BCUT2D eigenvalue weighted by molar-refractivity contribution is 6.05. The van der Waals surface area contributed by atoms with Gasteiger partial charge in [0.15, 0.2) is 0 Å². The first-order chi connectivity index (χ1) is 10.5. The average Bonchev–Trinajstić information content (AvgIpc) is 2.50. The lowest BCUT2D eigenvalue weighted by Crippen LogP contribution is -2.26. The van der Waals surface area contributed by atoms with Crippen LogP contribution in [0.2, 0.25) is 0 Å². The number of unbranched alkanes of at least 4 members (excludes halogenated alkanes) is 1. The normalized spacial score (nSPS) is 11.2. The third-order valence-electron chi connectivity index (χ3n) is 2.26. The first-order valence-corrected chi connectivity index (χ1v) is 6.64. The van der Waals surface area contributed by atoms with Crippen LogP contribution in [0.1, 0.15) is 19.8 Å². The van der Waals surface area contributed by atoms with E-state index < -0.39 is 17.8 Å². The van der Waals surface area contributed by atoms with Crippen LogP contribution in [0.3, 0.4) is 0 Å². The molecule has 0 aromatic carbocycles. The van der Waals surface area contributed by atoms with Crippen molar-refractivity contribution in [3.63, 3.8) is 0 Å². The zero-order valence-corrected chi connectivity index (χ0v) is 12.4. The van der Waals surface area contributed by atoms with Gasteiger partial charge in [0.05, 0.1) is 18.2 Å². The summed E-state index contributed by atoms with van der Waals surface area (Å²) in [5, 5.41) is 10.5. The minimum Gasteiger partial charge on any atom is -0.462 e. The summed E-state index contributed by atoms with van der Waals surface area (Å²) in [6.45, 7) is 5.46. The summed E-state index contributed by atoms with van der Waals surface area (Å²) in [5.41, 5.74) is 0.122. The van der Waals surface area contributed by atoms with Crippen LogP contribution in [0.4, 0.5) is 0 Å². The lowest BCUT2D eigenvalue weighted by molar-refractivity contribution is -0.138. The first kappa shape index (κ1) is 19.1. The van der Waals surface area contributed by atoms with Crippen molar-refractivity contribution in [2.24, 2.45) is 0 Å². The Hall–Kier alpha value is -2.94. The monoisotopic (exact) mass is 302 g/mol. The van der Waals surface area contributed by atoms with Crippen LogP contribution in [0, 0.1) is 11.3 Å². The van der Waals surface area contributed by atoms with E-state index in [1.165, 1.54) is 18.2 Å². The van der Waals surface area contributed by atoms with E-state index in [-0.39, 0.29) is 12.2 Å². The van der Waals surface area contributed by atoms with E-state index >= 15 is 0 Å². The van der Waals surface area contributed by atoms with Crippen molar-refractivity contribution in [2.75, 3.05) is 6.61 Å². The summed E-state index contributed by atoms with van der Waals surface area (Å²) in [6, 6.07) is 1.76. The molecule has 0 saturated heterocycles. The van der Waals surface area contributed by atoms with Crippen molar-refractivity contribution in [1.82, 2.24) is 5.32 Å². The number of carbonyl (C=O) groups excluding carboxylic acids is 3. The summed E-state index contributed by atoms with van der Waals surface area (Å²) in [4.78, 5) is 34.0. The zero-order chi connectivity index (χ0) is 16.8. The molecule has 0 radical (unpaired) electrons. The second-order valence-electron chi connectivity index (χ2n) is 3.99. The molecule has 0 rings (SSSR count). The number of hydrogen-bond acceptors (Lipinski definition) is 5. The second-order valence-corrected chi connectivity index (χ2v) is 3.99. The highest BCUT2D eigenvalue weighted by Gasteiger charge is 2.06. The van der Waals surface area contributed by atoms with Gasteiger partial charge in [0, 0.05) is 12.2 Å². The molecule has 0 aromatic heterocycles. The summed E-state index contributed by atoms with van der Waals surface area (Å²) in [6.07, 6.45) is 8.67. The summed E-state index contributed by atoms with van der Waals surface area (Å²) < 4.78 is 5.01. The molecule has 0 saturated carbocycles. The molecule has 22 heavy (non-hydrogen) atoms. The van der Waals surface area contributed by atoms with Crippen molar-refractivity contribution >= 4 is 17.8 Å². The van der Waals surface area contributed by atoms with Gasteiger partial charge in [-0.1, -0.05) is 26.0 Å². The smallest absolute Gasteiger partial charge is 0.338 e. The van der Waals surface area contributed by atoms with E-state index in [1.54, 1.807) is 6.07 Å². The number of hydrogen-bond donors (Lipinski definition) is 1. The SMILES string of the molecule is C=CC(=O)NC(=O)C=CC=C(C=CC#N)C(=O)OCCCC. The number of rotatable bonds is 8. The molecule has 0 aliphatic rings. The van der Waals surface area contributed by atoms with Crippen LogP contribution in [0.15, 0.2) is 48.6 Å². The van der Waals surface area contributed by atoms with Crippen LogP contribution >= 0.6 is 0 Å².